The summed E-state index contributed by atoms with van der Waals surface area (Å²) in [7, 11) is -3.17. The summed E-state index contributed by atoms with van der Waals surface area (Å²) in [5.41, 5.74) is 12.4. The van der Waals surface area contributed by atoms with E-state index >= 15 is 0 Å². The fourth-order valence-electron chi connectivity index (χ4n) is 13.0. The monoisotopic (exact) mass is 1360 g/mol. The van der Waals surface area contributed by atoms with Gasteiger partial charge in [0.15, 0.2) is 0 Å². The van der Waals surface area contributed by atoms with Crippen LogP contribution in [-0.4, -0.2) is 13.1 Å². The van der Waals surface area contributed by atoms with Crippen LogP contribution in [-0.2, 0) is 42.7 Å². The molecule has 5 nitrogen and oxygen atoms in total. The number of ether oxygens (including phenoxy) is 1. The van der Waals surface area contributed by atoms with Crippen molar-refractivity contribution in [3.05, 3.63) is 271 Å². The Balaban J connectivity index is 0.00000880. The number of hydrogen-bond donors (Lipinski definition) is 0. The van der Waals surface area contributed by atoms with Crippen molar-refractivity contribution >= 4 is 68.8 Å². The summed E-state index contributed by atoms with van der Waals surface area (Å²) in [6, 6.07) is 59.6. The topological polar surface area (TPSA) is 31.8 Å². The molecule has 0 amide bonds. The fourth-order valence-corrected chi connectivity index (χ4v) is 18.4. The summed E-state index contributed by atoms with van der Waals surface area (Å²) >= 11 is 0. The quantitative estimate of drug-likeness (QED) is 0.112. The number of nitrogens with zero attached hydrogens (tertiary/aromatic N) is 4. The van der Waals surface area contributed by atoms with Crippen molar-refractivity contribution in [1.29, 1.82) is 0 Å². The Hall–Kier alpha value is -8.54. The van der Waals surface area contributed by atoms with Crippen molar-refractivity contribution in [3.63, 3.8) is 0 Å². The molecule has 1 aromatic heterocycles. The van der Waals surface area contributed by atoms with Gasteiger partial charge in [0, 0.05) is 72.6 Å². The number of benzene rings is 10. The minimum absolute atomic E-state index is 0. The SMILES string of the molecule is [2H]c1c([2H])c([2H])c(-c2cc(-c3cccc(-c4c([2H])c([2H])c([2H])c([2H])c4[2H])c3N3[CH-]N(c4[c-]c(Oc5[c-]c6c(cc5)[Si]5(c7ccc(C(C)(C)C)cc7-c7cc(C(C)(C)C)ccc75)c5ccccc5N6c5cc(C(C)(C)C)ccn5)ccc4)c4ccccc43)cc(C(C)(C)C)c2)c([2H])c1[2H].[Pt]. The second kappa shape index (κ2) is 22.2. The Bertz CT molecular complexity index is 5040. The summed E-state index contributed by atoms with van der Waals surface area (Å²) < 4.78 is 96.3. The van der Waals surface area contributed by atoms with Crippen LogP contribution >= 0.6 is 0 Å². The first-order valence-electron chi connectivity index (χ1n) is 35.2. The van der Waals surface area contributed by atoms with E-state index in [1.807, 2.05) is 110 Å². The number of hydrogen-bond acceptors (Lipinski definition) is 5. The van der Waals surface area contributed by atoms with Gasteiger partial charge in [-0.1, -0.05) is 246 Å². The van der Waals surface area contributed by atoms with E-state index < -0.39 is 49.7 Å². The zero-order chi connectivity index (χ0) is 69.8. The van der Waals surface area contributed by atoms with Gasteiger partial charge < -0.3 is 19.4 Å². The number of para-hydroxylation sites is 4. The van der Waals surface area contributed by atoms with Crippen LogP contribution in [0.2, 0.25) is 0 Å². The largest absolute Gasteiger partial charge is 0.509 e. The minimum Gasteiger partial charge on any atom is -0.509 e. The molecule has 14 rings (SSSR count). The number of fused-ring (bicyclic) bond motifs is 10. The molecule has 446 valence electrons. The average Bonchev–Trinajstić information content (AvgIpc) is 1.54. The Morgan fingerprint density at radius 2 is 0.955 bits per heavy atom. The molecular weight excluding hydrogens is 1280 g/mol. The fraction of sp³-hybridized carbons (Fsp3) is 0.195. The molecule has 0 N–H and O–H groups in total. The summed E-state index contributed by atoms with van der Waals surface area (Å²) in [6.07, 6.45) is 1.90. The molecule has 3 aliphatic heterocycles. The third-order valence-electron chi connectivity index (χ3n) is 17.6. The van der Waals surface area contributed by atoms with Crippen LogP contribution in [0.4, 0.5) is 39.9 Å². The summed E-state index contributed by atoms with van der Waals surface area (Å²) in [5.74, 6) is 1.64. The van der Waals surface area contributed by atoms with Gasteiger partial charge in [-0.2, -0.15) is 12.1 Å². The number of rotatable bonds is 8. The molecule has 0 unspecified atom stereocenters. The van der Waals surface area contributed by atoms with Gasteiger partial charge >= 0.3 is 0 Å². The second-order valence-corrected chi connectivity index (χ2v) is 31.1. The molecule has 0 saturated carbocycles. The van der Waals surface area contributed by atoms with Crippen molar-refractivity contribution in [2.24, 2.45) is 0 Å². The molecule has 10 aromatic carbocycles. The summed E-state index contributed by atoms with van der Waals surface area (Å²) in [6.45, 7) is 28.4. The van der Waals surface area contributed by atoms with Crippen LogP contribution in [0.5, 0.6) is 11.5 Å². The van der Waals surface area contributed by atoms with E-state index in [0.29, 0.717) is 50.8 Å². The van der Waals surface area contributed by atoms with E-state index in [2.05, 4.69) is 158 Å². The van der Waals surface area contributed by atoms with Crippen LogP contribution in [0.25, 0.3) is 44.5 Å². The van der Waals surface area contributed by atoms with Gasteiger partial charge in [-0.05, 0) is 129 Å². The maximum Gasteiger partial charge on any atom is 0.135 e. The first kappa shape index (κ1) is 48.4. The normalized spacial score (nSPS) is 15.5. The molecule has 0 fully saturated rings. The van der Waals surface area contributed by atoms with Gasteiger partial charge in [0.1, 0.15) is 13.9 Å². The number of aromatic nitrogens is 1. The van der Waals surface area contributed by atoms with Gasteiger partial charge in [-0.3, -0.25) is 0 Å². The molecule has 1 spiro atoms. The van der Waals surface area contributed by atoms with Crippen molar-refractivity contribution in [3.8, 4) is 56.0 Å². The molecule has 3 aliphatic rings. The van der Waals surface area contributed by atoms with E-state index in [9.17, 15) is 2.74 Å². The van der Waals surface area contributed by atoms with Crippen LogP contribution in [0.3, 0.4) is 0 Å². The minimum atomic E-state index is -3.17. The Kier molecular flexibility index (Phi) is 12.1. The smallest absolute Gasteiger partial charge is 0.135 e. The number of pyridine rings is 1. The van der Waals surface area contributed by atoms with Crippen LogP contribution in [0, 0.1) is 18.8 Å². The molecule has 0 atom stereocenters. The van der Waals surface area contributed by atoms with E-state index in [-0.39, 0.29) is 72.6 Å². The maximum atomic E-state index is 9.41. The predicted octanol–water partition coefficient (Wildman–Crippen LogP) is 19.2. The molecule has 11 aromatic rings. The van der Waals surface area contributed by atoms with Gasteiger partial charge in [-0.15, -0.1) is 47.9 Å². The van der Waals surface area contributed by atoms with Crippen molar-refractivity contribution in [1.82, 2.24) is 4.98 Å². The van der Waals surface area contributed by atoms with Crippen molar-refractivity contribution in [2.75, 3.05) is 14.7 Å². The van der Waals surface area contributed by atoms with Crippen molar-refractivity contribution in [2.45, 2.75) is 105 Å². The molecule has 0 radical (unpaired) electrons. The van der Waals surface area contributed by atoms with Crippen LogP contribution in [0.15, 0.2) is 230 Å². The third kappa shape index (κ3) is 10.4. The molecule has 0 bridgehead atoms. The molecule has 7 heteroatoms. The van der Waals surface area contributed by atoms with Crippen LogP contribution in [0.1, 0.15) is 119 Å². The van der Waals surface area contributed by atoms with E-state index in [1.54, 1.807) is 18.2 Å². The van der Waals surface area contributed by atoms with E-state index in [0.717, 1.165) is 34.0 Å². The molecule has 0 saturated heterocycles. The summed E-state index contributed by atoms with van der Waals surface area (Å²) in [4.78, 5) is 11.4. The Morgan fingerprint density at radius 3 is 1.58 bits per heavy atom. The zero-order valence-corrected chi connectivity index (χ0v) is 55.5. The van der Waals surface area contributed by atoms with Gasteiger partial charge in [0.05, 0.1) is 13.7 Å². The van der Waals surface area contributed by atoms with Gasteiger partial charge in [0.25, 0.3) is 0 Å². The number of anilines is 7. The third-order valence-corrected chi connectivity index (χ3v) is 22.5. The predicted molar refractivity (Wildman–Crippen MR) is 372 cm³/mol. The van der Waals surface area contributed by atoms with Gasteiger partial charge in [0.2, 0.25) is 0 Å². The first-order chi connectivity index (χ1) is 46.3. The Labute approximate surface area is 557 Å². The second-order valence-electron chi connectivity index (χ2n) is 27.5. The molecule has 89 heavy (non-hydrogen) atoms. The maximum absolute atomic E-state index is 9.41. The average molecular weight is 1370 g/mol. The molecule has 0 aliphatic carbocycles. The molecule has 4 heterocycles. The zero-order valence-electron chi connectivity index (χ0n) is 62.3. The van der Waals surface area contributed by atoms with Gasteiger partial charge in [-0.25, -0.2) is 4.98 Å². The van der Waals surface area contributed by atoms with Crippen molar-refractivity contribution < 1.29 is 39.5 Å². The van der Waals surface area contributed by atoms with E-state index in [1.165, 1.54) is 43.0 Å². The van der Waals surface area contributed by atoms with E-state index in [4.69, 9.17) is 20.7 Å². The summed E-state index contributed by atoms with van der Waals surface area (Å²) in [5, 5.41) is 5.09. The van der Waals surface area contributed by atoms with Crippen LogP contribution < -0.4 is 40.2 Å². The Morgan fingerprint density at radius 1 is 0.427 bits per heavy atom. The standard InChI is InChI=1S/C82H75N4OSi.Pt/c1-79(2,3)58-37-40-73-67(48-58)68-49-59(80(4,5)6)38-41-74(68)88(73)75-36-22-21-35-71(75)86(77-50-60(43-44-83-77)81(7,8)9)72-52-64(39-42-76(72)88)87-63-30-23-29-62(51-63)84-53-85(70-34-20-19-33-69(70)84)78-65(55-27-17-14-18-28-55)31-24-32-66(78)57-45-56(54-25-15-13-16-26-54)46-61(47-57)82(10,11)12;/h13-50,53H,1-12H3;/q-3;/i13D,14D,15D,16D,17D,18D,25D,26D,27D,28D;. The molecular formula is C82H75N4OPtSi-3. The first-order valence-corrected chi connectivity index (χ1v) is 32.2.